The molecule has 2 aromatic heterocycles. The van der Waals surface area contributed by atoms with Crippen molar-refractivity contribution in [1.29, 1.82) is 5.26 Å². The molecule has 1 amide bonds. The van der Waals surface area contributed by atoms with Crippen LogP contribution in [-0.2, 0) is 17.6 Å². The van der Waals surface area contributed by atoms with E-state index in [1.165, 1.54) is 23.1 Å². The van der Waals surface area contributed by atoms with Crippen LogP contribution in [0.15, 0.2) is 48.0 Å². The van der Waals surface area contributed by atoms with E-state index in [4.69, 9.17) is 5.26 Å². The molecule has 0 atom stereocenters. The zero-order chi connectivity index (χ0) is 17.6. The average molecular weight is 368 g/mol. The van der Waals surface area contributed by atoms with Crippen LogP contribution in [0.3, 0.4) is 0 Å². The number of amides is 1. The number of carbonyl (C=O) groups is 1. The summed E-state index contributed by atoms with van der Waals surface area (Å²) in [5.41, 5.74) is 3.62. The minimum atomic E-state index is -0.0635. The number of carbonyl (C=O) groups excluding carboxylic acids is 1. The normalized spacial score (nSPS) is 10.4. The third kappa shape index (κ3) is 4.50. The summed E-state index contributed by atoms with van der Waals surface area (Å²) in [6.07, 6.45) is 1.97. The molecule has 1 N–H and O–H groups in total. The first-order chi connectivity index (χ1) is 12.2. The fourth-order valence-corrected chi connectivity index (χ4v) is 3.78. The SMILES string of the molecule is Cn1cccc1-c1csc(NC(=O)CSCc2ccc(C#N)cc2)n1. The molecule has 5 nitrogen and oxygen atoms in total. The minimum absolute atomic E-state index is 0.0635. The topological polar surface area (TPSA) is 70.7 Å². The summed E-state index contributed by atoms with van der Waals surface area (Å²) in [4.78, 5) is 16.5. The lowest BCUT2D eigenvalue weighted by atomic mass is 10.2. The molecule has 0 aliphatic carbocycles. The average Bonchev–Trinajstić information content (AvgIpc) is 3.24. The molecule has 0 aliphatic heterocycles. The number of anilines is 1. The minimum Gasteiger partial charge on any atom is -0.349 e. The van der Waals surface area contributed by atoms with E-state index in [2.05, 4.69) is 16.4 Å². The molecule has 0 unspecified atom stereocenters. The van der Waals surface area contributed by atoms with Gasteiger partial charge < -0.3 is 9.88 Å². The lowest BCUT2D eigenvalue weighted by Crippen LogP contribution is -2.14. The van der Waals surface area contributed by atoms with E-state index in [1.54, 1.807) is 12.1 Å². The fourth-order valence-electron chi connectivity index (χ4n) is 2.27. The van der Waals surface area contributed by atoms with E-state index in [0.29, 0.717) is 16.4 Å². The first kappa shape index (κ1) is 17.3. The number of aryl methyl sites for hydroxylation is 1. The van der Waals surface area contributed by atoms with E-state index in [-0.39, 0.29) is 5.91 Å². The van der Waals surface area contributed by atoms with Crippen LogP contribution in [0.5, 0.6) is 0 Å². The Kier molecular flexibility index (Phi) is 5.53. The van der Waals surface area contributed by atoms with Crippen LogP contribution < -0.4 is 5.32 Å². The highest BCUT2D eigenvalue weighted by Gasteiger charge is 2.10. The predicted molar refractivity (Wildman–Crippen MR) is 102 cm³/mol. The van der Waals surface area contributed by atoms with Gasteiger partial charge in [-0.1, -0.05) is 12.1 Å². The third-order valence-corrected chi connectivity index (χ3v) is 5.30. The van der Waals surface area contributed by atoms with E-state index in [1.807, 2.05) is 47.5 Å². The van der Waals surface area contributed by atoms with Gasteiger partial charge in [0, 0.05) is 24.4 Å². The Morgan fingerprint density at radius 3 is 2.84 bits per heavy atom. The summed E-state index contributed by atoms with van der Waals surface area (Å²) in [7, 11) is 1.97. The van der Waals surface area contributed by atoms with Crippen molar-refractivity contribution in [2.24, 2.45) is 7.05 Å². The number of nitrogens with one attached hydrogen (secondary N) is 1. The van der Waals surface area contributed by atoms with Gasteiger partial charge in [0.15, 0.2) is 5.13 Å². The summed E-state index contributed by atoms with van der Waals surface area (Å²) >= 11 is 2.95. The first-order valence-electron chi connectivity index (χ1n) is 7.59. The van der Waals surface area contributed by atoms with Gasteiger partial charge in [-0.25, -0.2) is 4.98 Å². The van der Waals surface area contributed by atoms with Crippen LogP contribution in [0.25, 0.3) is 11.4 Å². The molecule has 25 heavy (non-hydrogen) atoms. The van der Waals surface area contributed by atoms with Crippen LogP contribution >= 0.6 is 23.1 Å². The van der Waals surface area contributed by atoms with Gasteiger partial charge in [0.25, 0.3) is 0 Å². The first-order valence-corrected chi connectivity index (χ1v) is 9.63. The molecule has 0 bridgehead atoms. The molecule has 2 heterocycles. The highest BCUT2D eigenvalue weighted by Crippen LogP contribution is 2.25. The summed E-state index contributed by atoms with van der Waals surface area (Å²) in [6, 6.07) is 13.5. The molecule has 3 rings (SSSR count). The second-order valence-electron chi connectivity index (χ2n) is 5.39. The molecule has 0 radical (unpaired) electrons. The smallest absolute Gasteiger partial charge is 0.236 e. The van der Waals surface area contributed by atoms with Gasteiger partial charge in [0.2, 0.25) is 5.91 Å². The lowest BCUT2D eigenvalue weighted by Gasteiger charge is -2.03. The van der Waals surface area contributed by atoms with Crippen molar-refractivity contribution < 1.29 is 4.79 Å². The van der Waals surface area contributed by atoms with Crippen molar-refractivity contribution in [2.75, 3.05) is 11.1 Å². The second-order valence-corrected chi connectivity index (χ2v) is 7.24. The monoisotopic (exact) mass is 368 g/mol. The number of hydrogen-bond acceptors (Lipinski definition) is 5. The number of benzene rings is 1. The van der Waals surface area contributed by atoms with Crippen LogP contribution in [0, 0.1) is 11.3 Å². The molecule has 1 aromatic carbocycles. The van der Waals surface area contributed by atoms with E-state index >= 15 is 0 Å². The number of rotatable bonds is 6. The van der Waals surface area contributed by atoms with Gasteiger partial charge in [-0.05, 0) is 29.8 Å². The molecule has 0 spiro atoms. The third-order valence-electron chi connectivity index (χ3n) is 3.54. The summed E-state index contributed by atoms with van der Waals surface area (Å²) in [6.45, 7) is 0. The fraction of sp³-hybridized carbons (Fsp3) is 0.167. The molecule has 0 saturated heterocycles. The molecular formula is C18H16N4OS2. The highest BCUT2D eigenvalue weighted by molar-refractivity contribution is 7.99. The maximum Gasteiger partial charge on any atom is 0.236 e. The molecule has 7 heteroatoms. The summed E-state index contributed by atoms with van der Waals surface area (Å²) in [5, 5.41) is 14.2. The molecule has 0 aliphatic rings. The summed E-state index contributed by atoms with van der Waals surface area (Å²) in [5.74, 6) is 1.02. The summed E-state index contributed by atoms with van der Waals surface area (Å²) < 4.78 is 1.99. The van der Waals surface area contributed by atoms with E-state index in [9.17, 15) is 4.79 Å². The van der Waals surface area contributed by atoms with Crippen LogP contribution in [0.1, 0.15) is 11.1 Å². The van der Waals surface area contributed by atoms with Gasteiger partial charge in [-0.2, -0.15) is 5.26 Å². The zero-order valence-electron chi connectivity index (χ0n) is 13.6. The van der Waals surface area contributed by atoms with Crippen LogP contribution in [-0.4, -0.2) is 21.2 Å². The van der Waals surface area contributed by atoms with Crippen molar-refractivity contribution >= 4 is 34.1 Å². The molecule has 3 aromatic rings. The largest absolute Gasteiger partial charge is 0.349 e. The van der Waals surface area contributed by atoms with Crippen molar-refractivity contribution in [1.82, 2.24) is 9.55 Å². The van der Waals surface area contributed by atoms with Crippen molar-refractivity contribution in [3.05, 3.63) is 59.1 Å². The number of thioether (sulfide) groups is 1. The zero-order valence-corrected chi connectivity index (χ0v) is 15.2. The molecular weight excluding hydrogens is 352 g/mol. The number of nitriles is 1. The van der Waals surface area contributed by atoms with Gasteiger partial charge in [-0.15, -0.1) is 23.1 Å². The quantitative estimate of drug-likeness (QED) is 0.716. The van der Waals surface area contributed by atoms with Gasteiger partial charge in [0.05, 0.1) is 28.8 Å². The maximum absolute atomic E-state index is 12.1. The van der Waals surface area contributed by atoms with Crippen molar-refractivity contribution in [3.8, 4) is 17.5 Å². The number of nitrogens with zero attached hydrogens (tertiary/aromatic N) is 3. The van der Waals surface area contributed by atoms with Crippen LogP contribution in [0.2, 0.25) is 0 Å². The molecule has 0 saturated carbocycles. The molecule has 126 valence electrons. The lowest BCUT2D eigenvalue weighted by molar-refractivity contribution is -0.113. The number of thiazole rings is 1. The Bertz CT molecular complexity index is 906. The number of hydrogen-bond donors (Lipinski definition) is 1. The Hall–Kier alpha value is -2.56. The maximum atomic E-state index is 12.1. The van der Waals surface area contributed by atoms with Crippen LogP contribution in [0.4, 0.5) is 5.13 Å². The van der Waals surface area contributed by atoms with Gasteiger partial charge >= 0.3 is 0 Å². The van der Waals surface area contributed by atoms with Crippen molar-refractivity contribution in [3.63, 3.8) is 0 Å². The van der Waals surface area contributed by atoms with Crippen molar-refractivity contribution in [2.45, 2.75) is 5.75 Å². The van der Waals surface area contributed by atoms with E-state index < -0.39 is 0 Å². The highest BCUT2D eigenvalue weighted by atomic mass is 32.2. The number of aromatic nitrogens is 2. The van der Waals surface area contributed by atoms with E-state index in [0.717, 1.165) is 22.7 Å². The second kappa shape index (κ2) is 8.01. The Balaban J connectivity index is 1.49. The Labute approximate surface area is 154 Å². The Morgan fingerprint density at radius 1 is 1.36 bits per heavy atom. The Morgan fingerprint density at radius 2 is 2.16 bits per heavy atom. The standard InChI is InChI=1S/C18H16N4OS2/c1-22-8-2-3-16(22)15-11-25-18(20-15)21-17(23)12-24-10-14-6-4-13(9-19)5-7-14/h2-8,11H,10,12H2,1H3,(H,20,21,23). The molecule has 0 fully saturated rings. The predicted octanol–water partition coefficient (Wildman–Crippen LogP) is 3.89. The van der Waals surface area contributed by atoms with Gasteiger partial charge in [-0.3, -0.25) is 4.79 Å². The van der Waals surface area contributed by atoms with Gasteiger partial charge in [0.1, 0.15) is 0 Å².